The smallest absolute Gasteiger partial charge is 0.264 e. The van der Waals surface area contributed by atoms with Crippen LogP contribution in [-0.2, 0) is 11.3 Å². The maximum Gasteiger partial charge on any atom is 0.264 e. The summed E-state index contributed by atoms with van der Waals surface area (Å²) in [5.74, 6) is -0.541. The Labute approximate surface area is 158 Å². The molecular weight excluding hydrogens is 351 g/mol. The molecule has 1 aromatic heterocycles. The molecule has 0 bridgehead atoms. The molecule has 0 saturated carbocycles. The van der Waals surface area contributed by atoms with Gasteiger partial charge < -0.3 is 9.80 Å². The second kappa shape index (κ2) is 10.1. The summed E-state index contributed by atoms with van der Waals surface area (Å²) in [5.41, 5.74) is 0.878. The van der Waals surface area contributed by atoms with Crippen molar-refractivity contribution in [2.75, 3.05) is 20.1 Å². The topological polar surface area (TPSA) is 40.6 Å². The minimum Gasteiger partial charge on any atom is -0.337 e. The Kier molecular flexibility index (Phi) is 7.78. The van der Waals surface area contributed by atoms with Crippen molar-refractivity contribution >= 4 is 23.2 Å². The number of hydrogen-bond acceptors (Lipinski definition) is 3. The van der Waals surface area contributed by atoms with Gasteiger partial charge in [-0.2, -0.15) is 0 Å². The highest BCUT2D eigenvalue weighted by Crippen LogP contribution is 2.13. The van der Waals surface area contributed by atoms with Crippen LogP contribution in [0.3, 0.4) is 0 Å². The number of nitrogens with zero attached hydrogens (tertiary/aromatic N) is 2. The van der Waals surface area contributed by atoms with E-state index >= 15 is 0 Å². The predicted molar refractivity (Wildman–Crippen MR) is 103 cm³/mol. The Bertz CT molecular complexity index is 701. The molecule has 26 heavy (non-hydrogen) atoms. The third-order valence-electron chi connectivity index (χ3n) is 4.12. The van der Waals surface area contributed by atoms with E-state index < -0.39 is 0 Å². The van der Waals surface area contributed by atoms with Crippen molar-refractivity contribution in [3.8, 4) is 0 Å². The molecule has 140 valence electrons. The van der Waals surface area contributed by atoms with Crippen LogP contribution in [0.25, 0.3) is 0 Å². The zero-order chi connectivity index (χ0) is 18.9. The lowest BCUT2D eigenvalue weighted by Crippen LogP contribution is -2.41. The minimum atomic E-state index is -0.293. The lowest BCUT2D eigenvalue weighted by Gasteiger charge is -2.26. The Morgan fingerprint density at radius 2 is 1.85 bits per heavy atom. The van der Waals surface area contributed by atoms with Crippen LogP contribution < -0.4 is 0 Å². The normalized spacial score (nSPS) is 10.6. The van der Waals surface area contributed by atoms with Crippen molar-refractivity contribution in [2.45, 2.75) is 32.7 Å². The molecule has 0 aliphatic rings. The van der Waals surface area contributed by atoms with Crippen molar-refractivity contribution in [1.82, 2.24) is 9.80 Å². The van der Waals surface area contributed by atoms with E-state index in [1.165, 1.54) is 28.4 Å². The van der Waals surface area contributed by atoms with Crippen LogP contribution in [0.5, 0.6) is 0 Å². The third kappa shape index (κ3) is 5.95. The fraction of sp³-hybridized carbons (Fsp3) is 0.400. The van der Waals surface area contributed by atoms with Gasteiger partial charge in [-0.1, -0.05) is 38.0 Å². The molecule has 1 aromatic carbocycles. The van der Waals surface area contributed by atoms with Crippen LogP contribution >= 0.6 is 11.3 Å². The second-order valence-electron chi connectivity index (χ2n) is 6.29. The van der Waals surface area contributed by atoms with Gasteiger partial charge in [0.25, 0.3) is 5.91 Å². The molecule has 0 saturated heterocycles. The number of carbonyl (C=O) groups excluding carboxylic acids is 2. The van der Waals surface area contributed by atoms with E-state index in [0.29, 0.717) is 18.0 Å². The standard InChI is InChI=1S/C20H25FN2O2S/c1-3-4-5-12-23(14-16-8-10-17(21)11-9-16)19(24)15-22(2)20(25)18-7-6-13-26-18/h6-11,13H,3-5,12,14-15H2,1-2H3. The van der Waals surface area contributed by atoms with Gasteiger partial charge in [-0.15, -0.1) is 11.3 Å². The molecule has 0 N–H and O–H groups in total. The summed E-state index contributed by atoms with van der Waals surface area (Å²) < 4.78 is 13.1. The van der Waals surface area contributed by atoms with Gasteiger partial charge in [0.15, 0.2) is 0 Å². The van der Waals surface area contributed by atoms with Gasteiger partial charge in [0.2, 0.25) is 5.91 Å². The van der Waals surface area contributed by atoms with Crippen LogP contribution in [-0.4, -0.2) is 41.8 Å². The highest BCUT2D eigenvalue weighted by Gasteiger charge is 2.20. The van der Waals surface area contributed by atoms with E-state index in [1.54, 1.807) is 30.1 Å². The number of hydrogen-bond donors (Lipinski definition) is 0. The molecule has 2 amide bonds. The Morgan fingerprint density at radius 1 is 1.12 bits per heavy atom. The summed E-state index contributed by atoms with van der Waals surface area (Å²) in [6.07, 6.45) is 3.01. The highest BCUT2D eigenvalue weighted by molar-refractivity contribution is 7.12. The maximum atomic E-state index is 13.1. The van der Waals surface area contributed by atoms with Gasteiger partial charge in [-0.05, 0) is 35.6 Å². The van der Waals surface area contributed by atoms with Crippen LogP contribution in [0.1, 0.15) is 41.4 Å². The van der Waals surface area contributed by atoms with Crippen molar-refractivity contribution in [3.63, 3.8) is 0 Å². The largest absolute Gasteiger partial charge is 0.337 e. The average Bonchev–Trinajstić information content (AvgIpc) is 3.16. The first kappa shape index (κ1) is 20.1. The Morgan fingerprint density at radius 3 is 2.46 bits per heavy atom. The number of unbranched alkanes of at least 4 members (excludes halogenated alkanes) is 2. The molecule has 0 spiro atoms. The van der Waals surface area contributed by atoms with E-state index in [1.807, 2.05) is 11.4 Å². The van der Waals surface area contributed by atoms with Gasteiger partial charge in [0, 0.05) is 20.1 Å². The summed E-state index contributed by atoms with van der Waals surface area (Å²) in [7, 11) is 1.64. The van der Waals surface area contributed by atoms with Crippen LogP contribution in [0.15, 0.2) is 41.8 Å². The zero-order valence-corrected chi connectivity index (χ0v) is 16.1. The minimum absolute atomic E-state index is 0.0318. The molecule has 0 radical (unpaired) electrons. The fourth-order valence-corrected chi connectivity index (χ4v) is 3.34. The first-order valence-corrected chi connectivity index (χ1v) is 9.70. The molecule has 0 unspecified atom stereocenters. The van der Waals surface area contributed by atoms with E-state index in [9.17, 15) is 14.0 Å². The molecule has 0 fully saturated rings. The summed E-state index contributed by atoms with van der Waals surface area (Å²) >= 11 is 1.36. The quantitative estimate of drug-likeness (QED) is 0.616. The monoisotopic (exact) mass is 376 g/mol. The first-order chi connectivity index (χ1) is 12.5. The average molecular weight is 376 g/mol. The number of thiophene rings is 1. The van der Waals surface area contributed by atoms with Gasteiger partial charge in [-0.3, -0.25) is 9.59 Å². The fourth-order valence-electron chi connectivity index (χ4n) is 2.62. The Balaban J connectivity index is 2.01. The molecule has 0 atom stereocenters. The van der Waals surface area contributed by atoms with E-state index in [0.717, 1.165) is 24.8 Å². The van der Waals surface area contributed by atoms with Crippen LogP contribution in [0.4, 0.5) is 4.39 Å². The Hall–Kier alpha value is -2.21. The molecule has 0 aliphatic carbocycles. The summed E-state index contributed by atoms with van der Waals surface area (Å²) in [4.78, 5) is 28.9. The van der Waals surface area contributed by atoms with Crippen molar-refractivity contribution in [2.24, 2.45) is 0 Å². The number of rotatable bonds is 9. The predicted octanol–water partition coefficient (Wildman–Crippen LogP) is 4.18. The third-order valence-corrected chi connectivity index (χ3v) is 4.98. The van der Waals surface area contributed by atoms with Gasteiger partial charge in [0.05, 0.1) is 11.4 Å². The van der Waals surface area contributed by atoms with E-state index in [-0.39, 0.29) is 24.2 Å². The van der Waals surface area contributed by atoms with Crippen LogP contribution in [0, 0.1) is 5.82 Å². The van der Waals surface area contributed by atoms with E-state index in [2.05, 4.69) is 6.92 Å². The van der Waals surface area contributed by atoms with Crippen LogP contribution in [0.2, 0.25) is 0 Å². The number of halogens is 1. The molecule has 1 heterocycles. The van der Waals surface area contributed by atoms with Crippen molar-refractivity contribution in [3.05, 3.63) is 58.0 Å². The zero-order valence-electron chi connectivity index (χ0n) is 15.3. The molecular formula is C20H25FN2O2S. The first-order valence-electron chi connectivity index (χ1n) is 8.82. The van der Waals surface area contributed by atoms with Crippen molar-refractivity contribution < 1.29 is 14.0 Å². The van der Waals surface area contributed by atoms with Gasteiger partial charge in [-0.25, -0.2) is 4.39 Å². The maximum absolute atomic E-state index is 13.1. The second-order valence-corrected chi connectivity index (χ2v) is 7.24. The highest BCUT2D eigenvalue weighted by atomic mass is 32.1. The number of amides is 2. The lowest BCUT2D eigenvalue weighted by molar-refractivity contribution is -0.132. The molecule has 6 heteroatoms. The van der Waals surface area contributed by atoms with Gasteiger partial charge >= 0.3 is 0 Å². The number of likely N-dealkylation sites (N-methyl/N-ethyl adjacent to an activating group) is 1. The molecule has 4 nitrogen and oxygen atoms in total. The van der Waals surface area contributed by atoms with E-state index in [4.69, 9.17) is 0 Å². The summed E-state index contributed by atoms with van der Waals surface area (Å²) in [6.45, 7) is 3.19. The van der Waals surface area contributed by atoms with Gasteiger partial charge in [0.1, 0.15) is 5.82 Å². The lowest BCUT2D eigenvalue weighted by atomic mass is 10.2. The number of benzene rings is 1. The molecule has 2 aromatic rings. The summed E-state index contributed by atoms with van der Waals surface area (Å²) in [6, 6.07) is 9.75. The molecule has 0 aliphatic heterocycles. The molecule has 2 rings (SSSR count). The SMILES string of the molecule is CCCCCN(Cc1ccc(F)cc1)C(=O)CN(C)C(=O)c1cccs1. The van der Waals surface area contributed by atoms with Crippen molar-refractivity contribution in [1.29, 1.82) is 0 Å². The number of carbonyl (C=O) groups is 2. The summed E-state index contributed by atoms with van der Waals surface area (Å²) in [5, 5.41) is 1.84.